The molecule has 4 rings (SSSR count). The predicted octanol–water partition coefficient (Wildman–Crippen LogP) is 9.54. The number of ether oxygens (including phenoxy) is 1. The van der Waals surface area contributed by atoms with E-state index in [1.54, 1.807) is 25.1 Å². The van der Waals surface area contributed by atoms with Crippen molar-refractivity contribution in [3.63, 3.8) is 0 Å². The molecule has 0 aliphatic heterocycles. The average Bonchev–Trinajstić information content (AvgIpc) is 2.95. The van der Waals surface area contributed by atoms with Gasteiger partial charge in [0.15, 0.2) is 23.3 Å². The standard InChI is InChI=1S/C33H35F5O2/c1-4-6-7-8-22-12-16-25(30(36)29(22)35)21-9-13-23(14-10-21)40-33(39)27-18-17-26(31(37)32(27)38)24-15-11-20(5-2)28(34)19(24)3/h11-12,15-18,21,23H,4-10,13-14H2,1-3H3. The molecule has 2 nitrogen and oxygen atoms in total. The third-order valence-corrected chi connectivity index (χ3v) is 8.07. The van der Waals surface area contributed by atoms with Crippen molar-refractivity contribution in [3.05, 3.63) is 93.3 Å². The zero-order valence-electron chi connectivity index (χ0n) is 23.2. The minimum atomic E-state index is -1.35. The molecule has 3 aromatic rings. The molecule has 0 radical (unpaired) electrons. The third-order valence-electron chi connectivity index (χ3n) is 8.07. The topological polar surface area (TPSA) is 26.3 Å². The van der Waals surface area contributed by atoms with Gasteiger partial charge in [-0.25, -0.2) is 26.7 Å². The van der Waals surface area contributed by atoms with Crippen LogP contribution in [-0.4, -0.2) is 12.1 Å². The summed E-state index contributed by atoms with van der Waals surface area (Å²) in [5, 5.41) is 0. The van der Waals surface area contributed by atoms with Crippen molar-refractivity contribution in [1.29, 1.82) is 0 Å². The SMILES string of the molecule is CCCCCc1ccc(C2CCC(OC(=O)c3ccc(-c4ccc(CC)c(F)c4C)c(F)c3F)CC2)c(F)c1F. The highest BCUT2D eigenvalue weighted by molar-refractivity contribution is 5.90. The molecule has 1 aliphatic rings. The highest BCUT2D eigenvalue weighted by atomic mass is 19.2. The lowest BCUT2D eigenvalue weighted by Crippen LogP contribution is -2.25. The number of hydrogen-bond donors (Lipinski definition) is 0. The Labute approximate surface area is 232 Å². The molecule has 1 aliphatic carbocycles. The molecule has 0 aromatic heterocycles. The Balaban J connectivity index is 1.41. The summed E-state index contributed by atoms with van der Waals surface area (Å²) in [7, 11) is 0. The molecular weight excluding hydrogens is 523 g/mol. The third kappa shape index (κ3) is 6.08. The van der Waals surface area contributed by atoms with E-state index in [1.807, 2.05) is 0 Å². The van der Waals surface area contributed by atoms with Crippen LogP contribution in [0.3, 0.4) is 0 Å². The number of benzene rings is 3. The average molecular weight is 559 g/mol. The molecule has 7 heteroatoms. The first kappa shape index (κ1) is 29.8. The summed E-state index contributed by atoms with van der Waals surface area (Å²) in [6, 6.07) is 8.79. The van der Waals surface area contributed by atoms with E-state index in [9.17, 15) is 22.4 Å². The van der Waals surface area contributed by atoms with Crippen LogP contribution in [0.5, 0.6) is 0 Å². The zero-order valence-corrected chi connectivity index (χ0v) is 23.2. The van der Waals surface area contributed by atoms with Crippen LogP contribution in [0.1, 0.15) is 97.3 Å². The van der Waals surface area contributed by atoms with Crippen LogP contribution in [0, 0.1) is 36.0 Å². The lowest BCUT2D eigenvalue weighted by molar-refractivity contribution is 0.0188. The normalized spacial score (nSPS) is 17.2. The molecule has 0 saturated heterocycles. The number of carbonyl (C=O) groups excluding carboxylic acids is 1. The van der Waals surface area contributed by atoms with Gasteiger partial charge in [0.25, 0.3) is 0 Å². The molecule has 0 bridgehead atoms. The van der Waals surface area contributed by atoms with Crippen molar-refractivity contribution < 1.29 is 31.5 Å². The number of rotatable bonds is 9. The van der Waals surface area contributed by atoms with Gasteiger partial charge in [0.1, 0.15) is 11.9 Å². The van der Waals surface area contributed by atoms with Crippen LogP contribution in [0.2, 0.25) is 0 Å². The van der Waals surface area contributed by atoms with Gasteiger partial charge < -0.3 is 4.74 Å². The monoisotopic (exact) mass is 558 g/mol. The summed E-state index contributed by atoms with van der Waals surface area (Å²) >= 11 is 0. The highest BCUT2D eigenvalue weighted by Gasteiger charge is 2.30. The lowest BCUT2D eigenvalue weighted by atomic mass is 9.82. The minimum Gasteiger partial charge on any atom is -0.459 e. The van der Waals surface area contributed by atoms with Crippen molar-refractivity contribution in [2.45, 2.75) is 90.6 Å². The van der Waals surface area contributed by atoms with Gasteiger partial charge in [-0.3, -0.25) is 0 Å². The Bertz CT molecular complexity index is 1380. The van der Waals surface area contributed by atoms with Gasteiger partial charge in [-0.2, -0.15) is 0 Å². The molecule has 0 atom stereocenters. The number of aryl methyl sites for hydroxylation is 2. The van der Waals surface area contributed by atoms with Crippen molar-refractivity contribution in [1.82, 2.24) is 0 Å². The van der Waals surface area contributed by atoms with E-state index in [1.165, 1.54) is 19.1 Å². The van der Waals surface area contributed by atoms with E-state index >= 15 is 4.39 Å². The fourth-order valence-electron chi connectivity index (χ4n) is 5.61. The Morgan fingerprint density at radius 1 is 0.750 bits per heavy atom. The minimum absolute atomic E-state index is 0.140. The summed E-state index contributed by atoms with van der Waals surface area (Å²) in [5.41, 5.74) is 0.913. The van der Waals surface area contributed by atoms with E-state index in [-0.39, 0.29) is 22.6 Å². The van der Waals surface area contributed by atoms with E-state index < -0.39 is 46.7 Å². The summed E-state index contributed by atoms with van der Waals surface area (Å²) in [4.78, 5) is 12.7. The second kappa shape index (κ2) is 13.0. The molecule has 214 valence electrons. The maximum atomic E-state index is 15.0. The van der Waals surface area contributed by atoms with E-state index in [4.69, 9.17) is 4.74 Å². The van der Waals surface area contributed by atoms with Gasteiger partial charge in [0.05, 0.1) is 5.56 Å². The molecular formula is C33H35F5O2. The molecule has 0 unspecified atom stereocenters. The Morgan fingerprint density at radius 3 is 2.10 bits per heavy atom. The maximum absolute atomic E-state index is 15.0. The van der Waals surface area contributed by atoms with Crippen LogP contribution in [0.25, 0.3) is 11.1 Å². The second-order valence-corrected chi connectivity index (χ2v) is 10.6. The van der Waals surface area contributed by atoms with Gasteiger partial charge in [0, 0.05) is 5.56 Å². The molecule has 1 saturated carbocycles. The highest BCUT2D eigenvalue weighted by Crippen LogP contribution is 2.37. The number of hydrogen-bond acceptors (Lipinski definition) is 2. The molecule has 1 fully saturated rings. The van der Waals surface area contributed by atoms with Crippen LogP contribution in [-0.2, 0) is 17.6 Å². The maximum Gasteiger partial charge on any atom is 0.341 e. The van der Waals surface area contributed by atoms with E-state index in [2.05, 4.69) is 6.92 Å². The number of esters is 1. The summed E-state index contributed by atoms with van der Waals surface area (Å²) in [6.45, 7) is 5.35. The molecule has 3 aromatic carbocycles. The summed E-state index contributed by atoms with van der Waals surface area (Å²) < 4.78 is 79.5. The zero-order chi connectivity index (χ0) is 29.0. The van der Waals surface area contributed by atoms with Crippen molar-refractivity contribution >= 4 is 5.97 Å². The number of unbranched alkanes of at least 4 members (excludes halogenated alkanes) is 2. The fraction of sp³-hybridized carbons (Fsp3) is 0.424. The Kier molecular flexibility index (Phi) is 9.64. The first-order valence-electron chi connectivity index (χ1n) is 14.1. The number of halogens is 5. The predicted molar refractivity (Wildman–Crippen MR) is 146 cm³/mol. The number of carbonyl (C=O) groups is 1. The van der Waals surface area contributed by atoms with E-state index in [0.717, 1.165) is 25.3 Å². The first-order valence-corrected chi connectivity index (χ1v) is 14.1. The van der Waals surface area contributed by atoms with Crippen molar-refractivity contribution in [3.8, 4) is 11.1 Å². The van der Waals surface area contributed by atoms with Crippen LogP contribution >= 0.6 is 0 Å². The van der Waals surface area contributed by atoms with Crippen LogP contribution in [0.15, 0.2) is 36.4 Å². The summed E-state index contributed by atoms with van der Waals surface area (Å²) in [5.74, 6) is -5.89. The molecule has 0 N–H and O–H groups in total. The lowest BCUT2D eigenvalue weighted by Gasteiger charge is -2.29. The van der Waals surface area contributed by atoms with Gasteiger partial charge in [-0.15, -0.1) is 0 Å². The van der Waals surface area contributed by atoms with Gasteiger partial charge in [-0.05, 0) is 91.7 Å². The van der Waals surface area contributed by atoms with Gasteiger partial charge >= 0.3 is 5.97 Å². The fourth-order valence-corrected chi connectivity index (χ4v) is 5.61. The smallest absolute Gasteiger partial charge is 0.341 e. The van der Waals surface area contributed by atoms with Crippen molar-refractivity contribution in [2.75, 3.05) is 0 Å². The molecule has 0 amide bonds. The van der Waals surface area contributed by atoms with Gasteiger partial charge in [-0.1, -0.05) is 57.0 Å². The largest absolute Gasteiger partial charge is 0.459 e. The summed E-state index contributed by atoms with van der Waals surface area (Å²) in [6.07, 6.45) is 4.89. The quantitative estimate of drug-likeness (QED) is 0.149. The Morgan fingerprint density at radius 2 is 1.43 bits per heavy atom. The molecule has 40 heavy (non-hydrogen) atoms. The van der Waals surface area contributed by atoms with Crippen molar-refractivity contribution in [2.24, 2.45) is 0 Å². The molecule has 0 spiro atoms. The second-order valence-electron chi connectivity index (χ2n) is 10.6. The first-order chi connectivity index (χ1) is 19.2. The molecule has 0 heterocycles. The van der Waals surface area contributed by atoms with Gasteiger partial charge in [0.2, 0.25) is 0 Å². The Hall–Kier alpha value is -3.22. The van der Waals surface area contributed by atoms with Crippen LogP contribution < -0.4 is 0 Å². The van der Waals surface area contributed by atoms with Crippen LogP contribution in [0.4, 0.5) is 22.0 Å². The van der Waals surface area contributed by atoms with E-state index in [0.29, 0.717) is 55.2 Å².